The molecule has 1 heterocycles. The van der Waals surface area contributed by atoms with Gasteiger partial charge in [-0.2, -0.15) is 0 Å². The lowest BCUT2D eigenvalue weighted by Crippen LogP contribution is -2.17. The lowest BCUT2D eigenvalue weighted by atomic mass is 10.2. The van der Waals surface area contributed by atoms with Gasteiger partial charge in [-0.25, -0.2) is 9.97 Å². The number of aromatic nitrogens is 2. The molecule has 0 bridgehead atoms. The number of aryl methyl sites for hydroxylation is 1. The molecule has 0 aliphatic heterocycles. The van der Waals surface area contributed by atoms with Crippen LogP contribution < -0.4 is 14.8 Å². The average Bonchev–Trinajstić information content (AvgIpc) is 2.65. The summed E-state index contributed by atoms with van der Waals surface area (Å²) in [4.78, 5) is 8.72. The molecule has 0 aliphatic carbocycles. The molecule has 3 rings (SSSR count). The van der Waals surface area contributed by atoms with Crippen LogP contribution in [0.3, 0.4) is 0 Å². The molecule has 8 heteroatoms. The monoisotopic (exact) mass is 389 g/mol. The van der Waals surface area contributed by atoms with Gasteiger partial charge in [-0.1, -0.05) is 24.3 Å². The Morgan fingerprint density at radius 2 is 1.71 bits per heavy atom. The van der Waals surface area contributed by atoms with E-state index in [1.54, 1.807) is 26.2 Å². The smallest absolute Gasteiger partial charge is 0.497 e. The molecule has 0 radical (unpaired) electrons. The first kappa shape index (κ1) is 19.5. The quantitative estimate of drug-likeness (QED) is 0.645. The Labute approximate surface area is 160 Å². The Morgan fingerprint density at radius 1 is 0.964 bits per heavy atom. The van der Waals surface area contributed by atoms with Crippen LogP contribution in [0.4, 0.5) is 19.0 Å². The van der Waals surface area contributed by atoms with Crippen LogP contribution >= 0.6 is 0 Å². The molecule has 0 fully saturated rings. The van der Waals surface area contributed by atoms with E-state index in [-0.39, 0.29) is 5.75 Å². The molecule has 1 N–H and O–H groups in total. The molecule has 5 nitrogen and oxygen atoms in total. The summed E-state index contributed by atoms with van der Waals surface area (Å²) >= 11 is 0. The van der Waals surface area contributed by atoms with E-state index >= 15 is 0 Å². The molecule has 3 aromatic rings. The summed E-state index contributed by atoms with van der Waals surface area (Å²) in [6, 6.07) is 14.9. The molecule has 0 unspecified atom stereocenters. The SMILES string of the molecule is COc1ccc(CNc2cc(C)nc(-c3cccc(OC(F)(F)F)c3)n2)cc1. The second kappa shape index (κ2) is 8.16. The minimum Gasteiger partial charge on any atom is -0.497 e. The van der Waals surface area contributed by atoms with Gasteiger partial charge >= 0.3 is 6.36 Å². The van der Waals surface area contributed by atoms with E-state index in [1.165, 1.54) is 18.2 Å². The Balaban J connectivity index is 1.78. The zero-order chi connectivity index (χ0) is 20.1. The van der Waals surface area contributed by atoms with Crippen LogP contribution in [0.5, 0.6) is 11.5 Å². The first-order valence-corrected chi connectivity index (χ1v) is 8.41. The van der Waals surface area contributed by atoms with Crippen molar-refractivity contribution in [3.8, 4) is 22.9 Å². The topological polar surface area (TPSA) is 56.3 Å². The molecule has 0 spiro atoms. The van der Waals surface area contributed by atoms with Crippen molar-refractivity contribution in [2.45, 2.75) is 19.8 Å². The number of nitrogens with zero attached hydrogens (tertiary/aromatic N) is 2. The second-order valence-electron chi connectivity index (χ2n) is 6.00. The summed E-state index contributed by atoms with van der Waals surface area (Å²) in [6.07, 6.45) is -4.75. The van der Waals surface area contributed by atoms with Crippen molar-refractivity contribution in [3.05, 3.63) is 65.9 Å². The van der Waals surface area contributed by atoms with Gasteiger partial charge in [-0.15, -0.1) is 13.2 Å². The summed E-state index contributed by atoms with van der Waals surface area (Å²) in [5, 5.41) is 3.20. The second-order valence-corrected chi connectivity index (χ2v) is 6.00. The normalized spacial score (nSPS) is 11.2. The van der Waals surface area contributed by atoms with E-state index in [9.17, 15) is 13.2 Å². The predicted molar refractivity (Wildman–Crippen MR) is 99.2 cm³/mol. The highest BCUT2D eigenvalue weighted by Gasteiger charge is 2.31. The maximum atomic E-state index is 12.4. The number of ether oxygens (including phenoxy) is 2. The Kier molecular flexibility index (Phi) is 5.67. The fraction of sp³-hybridized carbons (Fsp3) is 0.200. The number of benzene rings is 2. The van der Waals surface area contributed by atoms with Gasteiger partial charge in [0, 0.05) is 23.9 Å². The standard InChI is InChI=1S/C20H18F3N3O2/c1-13-10-18(24-12-14-6-8-16(27-2)9-7-14)26-19(25-13)15-4-3-5-17(11-15)28-20(21,22)23/h3-11H,12H2,1-2H3,(H,24,25,26). The minimum atomic E-state index is -4.75. The van der Waals surface area contributed by atoms with Crippen LogP contribution in [0, 0.1) is 6.92 Å². The third-order valence-corrected chi connectivity index (χ3v) is 3.81. The Bertz CT molecular complexity index is 944. The van der Waals surface area contributed by atoms with Crippen LogP contribution in [0.15, 0.2) is 54.6 Å². The number of methoxy groups -OCH3 is 1. The average molecular weight is 389 g/mol. The molecule has 28 heavy (non-hydrogen) atoms. The van der Waals surface area contributed by atoms with Crippen LogP contribution in [0.1, 0.15) is 11.3 Å². The zero-order valence-corrected chi connectivity index (χ0v) is 15.2. The van der Waals surface area contributed by atoms with Crippen molar-refractivity contribution < 1.29 is 22.6 Å². The number of nitrogens with one attached hydrogen (secondary N) is 1. The van der Waals surface area contributed by atoms with Crippen LogP contribution in [0.2, 0.25) is 0 Å². The lowest BCUT2D eigenvalue weighted by molar-refractivity contribution is -0.274. The predicted octanol–water partition coefficient (Wildman–Crippen LogP) is 4.97. The molecule has 1 aromatic heterocycles. The Morgan fingerprint density at radius 3 is 2.39 bits per heavy atom. The van der Waals surface area contributed by atoms with Crippen molar-refractivity contribution in [2.24, 2.45) is 0 Å². The van der Waals surface area contributed by atoms with Gasteiger partial charge in [-0.05, 0) is 36.8 Å². The van der Waals surface area contributed by atoms with Gasteiger partial charge < -0.3 is 14.8 Å². The summed E-state index contributed by atoms with van der Waals surface area (Å²) < 4.78 is 46.4. The summed E-state index contributed by atoms with van der Waals surface area (Å²) in [7, 11) is 1.60. The van der Waals surface area contributed by atoms with E-state index < -0.39 is 6.36 Å². The van der Waals surface area contributed by atoms with E-state index in [4.69, 9.17) is 4.74 Å². The van der Waals surface area contributed by atoms with Gasteiger partial charge in [0.05, 0.1) is 7.11 Å². The molecule has 0 saturated carbocycles. The summed E-state index contributed by atoms with van der Waals surface area (Å²) in [5.74, 6) is 1.33. The van der Waals surface area contributed by atoms with Crippen LogP contribution in [0.25, 0.3) is 11.4 Å². The number of alkyl halides is 3. The Hall–Kier alpha value is -3.29. The van der Waals surface area contributed by atoms with Gasteiger partial charge in [0.25, 0.3) is 0 Å². The fourth-order valence-electron chi connectivity index (χ4n) is 2.56. The molecule has 146 valence electrons. The highest BCUT2D eigenvalue weighted by atomic mass is 19.4. The number of rotatable bonds is 6. The summed E-state index contributed by atoms with van der Waals surface area (Å²) in [6.45, 7) is 2.32. The van der Waals surface area contributed by atoms with E-state index in [2.05, 4.69) is 20.0 Å². The van der Waals surface area contributed by atoms with Crippen molar-refractivity contribution in [2.75, 3.05) is 12.4 Å². The lowest BCUT2D eigenvalue weighted by Gasteiger charge is -2.11. The first-order chi connectivity index (χ1) is 13.3. The van der Waals surface area contributed by atoms with Crippen LogP contribution in [-0.2, 0) is 6.54 Å². The summed E-state index contributed by atoms with van der Waals surface area (Å²) in [5.41, 5.74) is 2.14. The molecule has 0 aliphatic rings. The van der Waals surface area contributed by atoms with Gasteiger partial charge in [0.15, 0.2) is 5.82 Å². The molecule has 0 atom stereocenters. The van der Waals surface area contributed by atoms with E-state index in [1.807, 2.05) is 24.3 Å². The van der Waals surface area contributed by atoms with E-state index in [0.29, 0.717) is 29.4 Å². The van der Waals surface area contributed by atoms with Crippen molar-refractivity contribution in [1.29, 1.82) is 0 Å². The highest BCUT2D eigenvalue weighted by Crippen LogP contribution is 2.27. The number of anilines is 1. The third kappa shape index (κ3) is 5.35. The molecule has 0 amide bonds. The minimum absolute atomic E-state index is 0.310. The molecular weight excluding hydrogens is 371 g/mol. The highest BCUT2D eigenvalue weighted by molar-refractivity contribution is 5.59. The zero-order valence-electron chi connectivity index (χ0n) is 15.2. The van der Waals surface area contributed by atoms with Crippen molar-refractivity contribution >= 4 is 5.82 Å². The van der Waals surface area contributed by atoms with Crippen LogP contribution in [-0.4, -0.2) is 23.4 Å². The largest absolute Gasteiger partial charge is 0.573 e. The van der Waals surface area contributed by atoms with Gasteiger partial charge in [0.2, 0.25) is 0 Å². The molecular formula is C20H18F3N3O2. The number of hydrogen-bond acceptors (Lipinski definition) is 5. The first-order valence-electron chi connectivity index (χ1n) is 8.41. The molecule has 0 saturated heterocycles. The van der Waals surface area contributed by atoms with Crippen molar-refractivity contribution in [1.82, 2.24) is 9.97 Å². The maximum absolute atomic E-state index is 12.4. The van der Waals surface area contributed by atoms with E-state index in [0.717, 1.165) is 11.3 Å². The number of halogens is 3. The van der Waals surface area contributed by atoms with Gasteiger partial charge in [0.1, 0.15) is 17.3 Å². The van der Waals surface area contributed by atoms with Crippen molar-refractivity contribution in [3.63, 3.8) is 0 Å². The number of hydrogen-bond donors (Lipinski definition) is 1. The maximum Gasteiger partial charge on any atom is 0.573 e. The van der Waals surface area contributed by atoms with Gasteiger partial charge in [-0.3, -0.25) is 0 Å². The molecule has 2 aromatic carbocycles. The third-order valence-electron chi connectivity index (χ3n) is 3.81. The fourth-order valence-corrected chi connectivity index (χ4v) is 2.56.